The van der Waals surface area contributed by atoms with Gasteiger partial charge in [0.2, 0.25) is 5.91 Å². The van der Waals surface area contributed by atoms with Gasteiger partial charge in [0.25, 0.3) is 5.91 Å². The predicted octanol–water partition coefficient (Wildman–Crippen LogP) is 0.380. The molecule has 2 amide bonds. The predicted molar refractivity (Wildman–Crippen MR) is 57.6 cm³/mol. The third-order valence-corrected chi connectivity index (χ3v) is 2.54. The van der Waals surface area contributed by atoms with Crippen molar-refractivity contribution in [2.45, 2.75) is 13.3 Å². The Bertz CT molecular complexity index is 367. The quantitative estimate of drug-likeness (QED) is 0.599. The van der Waals surface area contributed by atoms with Crippen LogP contribution in [0.25, 0.3) is 0 Å². The van der Waals surface area contributed by atoms with Crippen LogP contribution in [0.1, 0.15) is 10.7 Å². The van der Waals surface area contributed by atoms with Crippen LogP contribution in [0.3, 0.4) is 0 Å². The van der Waals surface area contributed by atoms with Gasteiger partial charge in [-0.2, -0.15) is 0 Å². The highest BCUT2D eigenvalue weighted by Crippen LogP contribution is 2.07. The zero-order valence-corrected chi connectivity index (χ0v) is 9.61. The largest absolute Gasteiger partial charge is 0.273 e. The SMILES string of the molecule is Cc1nc(CC(=O)NNC(=O)CCl)cs1. The maximum atomic E-state index is 11.2. The molecule has 2 N–H and O–H groups in total. The number of hydrazine groups is 1. The summed E-state index contributed by atoms with van der Waals surface area (Å²) in [5, 5.41) is 2.71. The number of nitrogens with zero attached hydrogens (tertiary/aromatic N) is 1. The van der Waals surface area contributed by atoms with Crippen LogP contribution in [0.15, 0.2) is 5.38 Å². The average Bonchev–Trinajstić information content (AvgIpc) is 2.60. The van der Waals surface area contributed by atoms with Crippen LogP contribution in [0, 0.1) is 6.92 Å². The number of hydrogen-bond donors (Lipinski definition) is 2. The first-order valence-corrected chi connectivity index (χ1v) is 5.58. The Labute approximate surface area is 95.8 Å². The molecule has 7 heteroatoms. The number of carbonyl (C=O) groups is 2. The lowest BCUT2D eigenvalue weighted by molar-refractivity contribution is -0.127. The number of aromatic nitrogens is 1. The molecular formula is C8H10ClN3O2S. The average molecular weight is 248 g/mol. The highest BCUT2D eigenvalue weighted by molar-refractivity contribution is 7.09. The summed E-state index contributed by atoms with van der Waals surface area (Å²) in [5.74, 6) is -0.950. The molecule has 1 heterocycles. The monoisotopic (exact) mass is 247 g/mol. The number of rotatable bonds is 3. The molecule has 82 valence electrons. The Kier molecular flexibility index (Phi) is 4.51. The van der Waals surface area contributed by atoms with Crippen molar-refractivity contribution in [2.24, 2.45) is 0 Å². The lowest BCUT2D eigenvalue weighted by Crippen LogP contribution is -2.43. The molecule has 0 saturated carbocycles. The third kappa shape index (κ3) is 4.26. The van der Waals surface area contributed by atoms with E-state index in [1.807, 2.05) is 6.92 Å². The summed E-state index contributed by atoms with van der Waals surface area (Å²) in [7, 11) is 0. The van der Waals surface area contributed by atoms with Crippen molar-refractivity contribution in [3.8, 4) is 0 Å². The third-order valence-electron chi connectivity index (χ3n) is 1.47. The van der Waals surface area contributed by atoms with Crippen molar-refractivity contribution in [2.75, 3.05) is 5.88 Å². The Morgan fingerprint density at radius 2 is 2.13 bits per heavy atom. The minimum atomic E-state index is -0.445. The molecule has 0 aliphatic rings. The van der Waals surface area contributed by atoms with Crippen LogP contribution >= 0.6 is 22.9 Å². The van der Waals surface area contributed by atoms with E-state index in [9.17, 15) is 9.59 Å². The lowest BCUT2D eigenvalue weighted by atomic mass is 10.3. The fourth-order valence-corrected chi connectivity index (χ4v) is 1.55. The van der Waals surface area contributed by atoms with Gasteiger partial charge in [-0.15, -0.1) is 22.9 Å². The summed E-state index contributed by atoms with van der Waals surface area (Å²) >= 11 is 6.70. The van der Waals surface area contributed by atoms with Crippen molar-refractivity contribution in [3.05, 3.63) is 16.1 Å². The van der Waals surface area contributed by atoms with Crippen LogP contribution in [0.4, 0.5) is 0 Å². The highest BCUT2D eigenvalue weighted by atomic mass is 35.5. The molecule has 0 spiro atoms. The number of alkyl halides is 1. The summed E-state index contributed by atoms with van der Waals surface area (Å²) in [6.07, 6.45) is 0.146. The van der Waals surface area contributed by atoms with Gasteiger partial charge in [0.05, 0.1) is 17.1 Å². The first-order chi connectivity index (χ1) is 7.11. The summed E-state index contributed by atoms with van der Waals surface area (Å²) in [4.78, 5) is 26.1. The summed E-state index contributed by atoms with van der Waals surface area (Å²) < 4.78 is 0. The minimum Gasteiger partial charge on any atom is -0.273 e. The molecule has 0 aliphatic carbocycles. The van der Waals surface area contributed by atoms with E-state index < -0.39 is 5.91 Å². The molecule has 1 aromatic rings. The number of hydrogen-bond acceptors (Lipinski definition) is 4. The van der Waals surface area contributed by atoms with Crippen LogP contribution in [-0.2, 0) is 16.0 Å². The van der Waals surface area contributed by atoms with Gasteiger partial charge >= 0.3 is 0 Å². The normalized spacial score (nSPS) is 9.73. The maximum Gasteiger partial charge on any atom is 0.253 e. The first kappa shape index (κ1) is 11.9. The molecule has 1 aromatic heterocycles. The van der Waals surface area contributed by atoms with Gasteiger partial charge in [0, 0.05) is 5.38 Å². The Morgan fingerprint density at radius 3 is 2.67 bits per heavy atom. The summed E-state index contributed by atoms with van der Waals surface area (Å²) in [5.41, 5.74) is 5.09. The zero-order chi connectivity index (χ0) is 11.3. The second kappa shape index (κ2) is 5.67. The molecule has 0 atom stereocenters. The summed E-state index contributed by atoms with van der Waals surface area (Å²) in [6, 6.07) is 0. The molecule has 0 aromatic carbocycles. The van der Waals surface area contributed by atoms with Crippen molar-refractivity contribution >= 4 is 34.8 Å². The van der Waals surface area contributed by atoms with Crippen LogP contribution in [-0.4, -0.2) is 22.7 Å². The molecule has 0 radical (unpaired) electrons. The van der Waals surface area contributed by atoms with Gasteiger partial charge in [-0.25, -0.2) is 4.98 Å². The van der Waals surface area contributed by atoms with Crippen molar-refractivity contribution in [1.29, 1.82) is 0 Å². The number of carbonyl (C=O) groups excluding carboxylic acids is 2. The fourth-order valence-electron chi connectivity index (χ4n) is 0.871. The number of thiazole rings is 1. The fraction of sp³-hybridized carbons (Fsp3) is 0.375. The van der Waals surface area contributed by atoms with E-state index >= 15 is 0 Å². The van der Waals surface area contributed by atoms with Crippen molar-refractivity contribution in [3.63, 3.8) is 0 Å². The van der Waals surface area contributed by atoms with E-state index in [-0.39, 0.29) is 18.2 Å². The van der Waals surface area contributed by atoms with E-state index in [0.29, 0.717) is 5.69 Å². The van der Waals surface area contributed by atoms with E-state index in [4.69, 9.17) is 11.6 Å². The van der Waals surface area contributed by atoms with E-state index in [1.54, 1.807) is 5.38 Å². The smallest absolute Gasteiger partial charge is 0.253 e. The Morgan fingerprint density at radius 1 is 1.47 bits per heavy atom. The van der Waals surface area contributed by atoms with Gasteiger partial charge in [-0.05, 0) is 6.92 Å². The van der Waals surface area contributed by atoms with E-state index in [2.05, 4.69) is 15.8 Å². The molecule has 1 rings (SSSR count). The second-order valence-corrected chi connectivity index (χ2v) is 4.09. The van der Waals surface area contributed by atoms with Crippen LogP contribution < -0.4 is 10.9 Å². The number of aryl methyl sites for hydroxylation is 1. The summed E-state index contributed by atoms with van der Waals surface area (Å²) in [6.45, 7) is 1.86. The number of nitrogens with one attached hydrogen (secondary N) is 2. The molecule has 0 bridgehead atoms. The van der Waals surface area contributed by atoms with Crippen molar-refractivity contribution < 1.29 is 9.59 Å². The van der Waals surface area contributed by atoms with Crippen LogP contribution in [0.5, 0.6) is 0 Å². The Balaban J connectivity index is 2.33. The molecule has 15 heavy (non-hydrogen) atoms. The Hall–Kier alpha value is -1.14. The van der Waals surface area contributed by atoms with Crippen molar-refractivity contribution in [1.82, 2.24) is 15.8 Å². The minimum absolute atomic E-state index is 0.146. The van der Waals surface area contributed by atoms with E-state index in [0.717, 1.165) is 5.01 Å². The number of amides is 2. The second-order valence-electron chi connectivity index (χ2n) is 2.76. The zero-order valence-electron chi connectivity index (χ0n) is 8.04. The van der Waals surface area contributed by atoms with Gasteiger partial charge in [-0.3, -0.25) is 20.4 Å². The highest BCUT2D eigenvalue weighted by Gasteiger charge is 2.06. The molecule has 0 aliphatic heterocycles. The molecule has 0 unspecified atom stereocenters. The molecular weight excluding hydrogens is 238 g/mol. The van der Waals surface area contributed by atoms with Crippen LogP contribution in [0.2, 0.25) is 0 Å². The maximum absolute atomic E-state index is 11.2. The van der Waals surface area contributed by atoms with E-state index in [1.165, 1.54) is 11.3 Å². The number of halogens is 1. The van der Waals surface area contributed by atoms with Gasteiger partial charge in [0.1, 0.15) is 5.88 Å². The molecule has 0 saturated heterocycles. The standard InChI is InChI=1S/C8H10ClN3O2S/c1-5-10-6(4-15-5)2-7(13)11-12-8(14)3-9/h4H,2-3H2,1H3,(H,11,13)(H,12,14). The lowest BCUT2D eigenvalue weighted by Gasteiger charge is -2.03. The molecule has 5 nitrogen and oxygen atoms in total. The topological polar surface area (TPSA) is 71.1 Å². The van der Waals surface area contributed by atoms with Gasteiger partial charge in [0.15, 0.2) is 0 Å². The van der Waals surface area contributed by atoms with Gasteiger partial charge < -0.3 is 0 Å². The first-order valence-electron chi connectivity index (χ1n) is 4.16. The van der Waals surface area contributed by atoms with Gasteiger partial charge in [-0.1, -0.05) is 0 Å². The molecule has 0 fully saturated rings.